The van der Waals surface area contributed by atoms with Crippen molar-refractivity contribution in [3.63, 3.8) is 0 Å². The first kappa shape index (κ1) is 15.5. The Morgan fingerprint density at radius 1 is 1.29 bits per heavy atom. The Morgan fingerprint density at radius 3 is 2.76 bits per heavy atom. The number of rotatable bonds is 8. The van der Waals surface area contributed by atoms with Crippen molar-refractivity contribution in [3.8, 4) is 0 Å². The maximum absolute atomic E-state index is 10.9. The number of unbranched alkanes of at least 4 members (excludes halogenated alkanes) is 1. The fourth-order valence-corrected chi connectivity index (χ4v) is 2.35. The highest BCUT2D eigenvalue weighted by Gasteiger charge is 2.11. The summed E-state index contributed by atoms with van der Waals surface area (Å²) in [6.45, 7) is 4.61. The molecule has 1 aromatic carbocycles. The van der Waals surface area contributed by atoms with E-state index >= 15 is 0 Å². The van der Waals surface area contributed by atoms with Crippen LogP contribution in [0.5, 0.6) is 0 Å². The number of benzene rings is 1. The predicted molar refractivity (Wildman–Crippen MR) is 80.4 cm³/mol. The van der Waals surface area contributed by atoms with Gasteiger partial charge in [0.25, 0.3) is 0 Å². The van der Waals surface area contributed by atoms with Crippen molar-refractivity contribution in [2.75, 3.05) is 19.7 Å². The Balaban J connectivity index is 2.14. The lowest BCUT2D eigenvalue weighted by molar-refractivity contribution is 0.0665. The second-order valence-corrected chi connectivity index (χ2v) is 5.14. The molecule has 1 heterocycles. The highest BCUT2D eigenvalue weighted by molar-refractivity contribution is 5.91. The second kappa shape index (κ2) is 7.24. The van der Waals surface area contributed by atoms with Gasteiger partial charge in [-0.3, -0.25) is 4.90 Å². The minimum Gasteiger partial charge on any atom is -0.475 e. The van der Waals surface area contributed by atoms with E-state index in [1.165, 1.54) is 0 Å². The minimum atomic E-state index is -1.06. The molecule has 0 unspecified atom stereocenters. The van der Waals surface area contributed by atoms with Crippen LogP contribution < -0.4 is 0 Å². The molecule has 1 aromatic heterocycles. The van der Waals surface area contributed by atoms with Gasteiger partial charge in [0.05, 0.1) is 6.61 Å². The van der Waals surface area contributed by atoms with Crippen molar-refractivity contribution in [2.24, 2.45) is 0 Å². The number of aromatic carboxylic acids is 1. The normalized spacial score (nSPS) is 11.4. The summed E-state index contributed by atoms with van der Waals surface area (Å²) in [5.41, 5.74) is 1.67. The van der Waals surface area contributed by atoms with Gasteiger partial charge >= 0.3 is 5.97 Å². The van der Waals surface area contributed by atoms with Crippen molar-refractivity contribution in [1.29, 1.82) is 0 Å². The molecule has 0 aliphatic rings. The van der Waals surface area contributed by atoms with Crippen molar-refractivity contribution in [1.82, 2.24) is 4.90 Å². The summed E-state index contributed by atoms with van der Waals surface area (Å²) in [6.07, 6.45) is 2.21. The standard InChI is InChI=1S/C16H21NO4/c1-2-3-6-17(7-8-18)11-12-4-5-14-13(9-12)10-15(21-14)16(19)20/h4-5,9-10,18H,2-3,6-8,11H2,1H3,(H,19,20). The molecular weight excluding hydrogens is 270 g/mol. The molecule has 0 saturated carbocycles. The molecule has 0 amide bonds. The number of carbonyl (C=O) groups is 1. The van der Waals surface area contributed by atoms with E-state index in [9.17, 15) is 4.79 Å². The lowest BCUT2D eigenvalue weighted by Crippen LogP contribution is -2.27. The highest BCUT2D eigenvalue weighted by atomic mass is 16.4. The summed E-state index contributed by atoms with van der Waals surface area (Å²) in [4.78, 5) is 13.1. The Morgan fingerprint density at radius 2 is 2.10 bits per heavy atom. The zero-order valence-electron chi connectivity index (χ0n) is 12.2. The van der Waals surface area contributed by atoms with Crippen molar-refractivity contribution < 1.29 is 19.4 Å². The van der Waals surface area contributed by atoms with Crippen molar-refractivity contribution >= 4 is 16.9 Å². The lowest BCUT2D eigenvalue weighted by Gasteiger charge is -2.21. The summed E-state index contributed by atoms with van der Waals surface area (Å²) in [7, 11) is 0. The number of hydrogen-bond acceptors (Lipinski definition) is 4. The van der Waals surface area contributed by atoms with Crippen molar-refractivity contribution in [3.05, 3.63) is 35.6 Å². The van der Waals surface area contributed by atoms with Crippen LogP contribution in [0.1, 0.15) is 35.9 Å². The largest absolute Gasteiger partial charge is 0.475 e. The molecule has 2 aromatic rings. The zero-order chi connectivity index (χ0) is 15.2. The van der Waals surface area contributed by atoms with Gasteiger partial charge in [0, 0.05) is 18.5 Å². The van der Waals surface area contributed by atoms with Gasteiger partial charge in [0.1, 0.15) is 5.58 Å². The van der Waals surface area contributed by atoms with Gasteiger partial charge in [-0.2, -0.15) is 0 Å². The third kappa shape index (κ3) is 4.06. The van der Waals surface area contributed by atoms with Gasteiger partial charge in [-0.05, 0) is 36.7 Å². The number of carboxylic acids is 1. The number of furan rings is 1. The number of nitrogens with zero attached hydrogens (tertiary/aromatic N) is 1. The van der Waals surface area contributed by atoms with E-state index in [-0.39, 0.29) is 12.4 Å². The monoisotopic (exact) mass is 291 g/mol. The van der Waals surface area contributed by atoms with Gasteiger partial charge in [-0.1, -0.05) is 19.4 Å². The van der Waals surface area contributed by atoms with Crippen LogP contribution in [0.4, 0.5) is 0 Å². The van der Waals surface area contributed by atoms with Gasteiger partial charge in [-0.25, -0.2) is 4.79 Å². The minimum absolute atomic E-state index is 0.0413. The molecule has 0 bridgehead atoms. The smallest absolute Gasteiger partial charge is 0.371 e. The molecule has 5 nitrogen and oxygen atoms in total. The third-order valence-corrected chi connectivity index (χ3v) is 3.44. The van der Waals surface area contributed by atoms with Crippen LogP contribution in [0.2, 0.25) is 0 Å². The molecule has 2 rings (SSSR count). The molecule has 0 fully saturated rings. The number of aliphatic hydroxyl groups is 1. The molecule has 0 radical (unpaired) electrons. The average Bonchev–Trinajstić information content (AvgIpc) is 2.88. The van der Waals surface area contributed by atoms with Crippen LogP contribution in [0.15, 0.2) is 28.7 Å². The van der Waals surface area contributed by atoms with Gasteiger partial charge in [0.15, 0.2) is 0 Å². The predicted octanol–water partition coefficient (Wildman–Crippen LogP) is 2.73. The number of aliphatic hydroxyl groups excluding tert-OH is 1. The fourth-order valence-electron chi connectivity index (χ4n) is 2.35. The highest BCUT2D eigenvalue weighted by Crippen LogP contribution is 2.21. The molecule has 0 aliphatic heterocycles. The van der Waals surface area contributed by atoms with Gasteiger partial charge < -0.3 is 14.6 Å². The molecule has 0 aliphatic carbocycles. The Labute approximate surface area is 123 Å². The molecular formula is C16H21NO4. The molecule has 114 valence electrons. The lowest BCUT2D eigenvalue weighted by atomic mass is 10.1. The summed E-state index contributed by atoms with van der Waals surface area (Å²) in [6, 6.07) is 7.23. The number of carboxylic acid groups (broad SMARTS) is 1. The summed E-state index contributed by atoms with van der Waals surface area (Å²) in [5, 5.41) is 18.9. The summed E-state index contributed by atoms with van der Waals surface area (Å²) in [5.74, 6) is -1.10. The van der Waals surface area contributed by atoms with E-state index in [0.29, 0.717) is 12.1 Å². The first-order chi connectivity index (χ1) is 10.1. The van der Waals surface area contributed by atoms with Crippen LogP contribution in [0.3, 0.4) is 0 Å². The van der Waals surface area contributed by atoms with Crippen LogP contribution in [0, 0.1) is 0 Å². The quantitative estimate of drug-likeness (QED) is 0.782. The third-order valence-electron chi connectivity index (χ3n) is 3.44. The molecule has 21 heavy (non-hydrogen) atoms. The number of hydrogen-bond donors (Lipinski definition) is 2. The van der Waals surface area contributed by atoms with Gasteiger partial charge in [-0.15, -0.1) is 0 Å². The Bertz CT molecular complexity index is 605. The fraction of sp³-hybridized carbons (Fsp3) is 0.438. The summed E-state index contributed by atoms with van der Waals surface area (Å²) < 4.78 is 5.25. The maximum Gasteiger partial charge on any atom is 0.371 e. The molecule has 2 N–H and O–H groups in total. The Kier molecular flexibility index (Phi) is 5.36. The van der Waals surface area contributed by atoms with E-state index < -0.39 is 5.97 Å². The van der Waals surface area contributed by atoms with E-state index in [4.69, 9.17) is 14.6 Å². The Hall–Kier alpha value is -1.85. The topological polar surface area (TPSA) is 73.9 Å². The van der Waals surface area contributed by atoms with E-state index in [2.05, 4.69) is 11.8 Å². The van der Waals surface area contributed by atoms with Crippen LogP contribution in [-0.2, 0) is 6.54 Å². The van der Waals surface area contributed by atoms with Crippen molar-refractivity contribution in [2.45, 2.75) is 26.3 Å². The zero-order valence-corrected chi connectivity index (χ0v) is 12.2. The van der Waals surface area contributed by atoms with E-state index in [1.54, 1.807) is 12.1 Å². The van der Waals surface area contributed by atoms with Crippen LogP contribution in [-0.4, -0.2) is 40.8 Å². The SMILES string of the molecule is CCCCN(CCO)Cc1ccc2oc(C(=O)O)cc2c1. The molecule has 0 spiro atoms. The van der Waals surface area contributed by atoms with Gasteiger partial charge in [0.2, 0.25) is 5.76 Å². The maximum atomic E-state index is 10.9. The molecule has 0 atom stereocenters. The second-order valence-electron chi connectivity index (χ2n) is 5.14. The molecule has 0 saturated heterocycles. The first-order valence-electron chi connectivity index (χ1n) is 7.23. The number of fused-ring (bicyclic) bond motifs is 1. The van der Waals surface area contributed by atoms with Crippen LogP contribution in [0.25, 0.3) is 11.0 Å². The van der Waals surface area contributed by atoms with E-state index in [0.717, 1.165) is 36.9 Å². The molecule has 5 heteroatoms. The van der Waals surface area contributed by atoms with E-state index in [1.807, 2.05) is 12.1 Å². The van der Waals surface area contributed by atoms with Crippen LogP contribution >= 0.6 is 0 Å². The summed E-state index contributed by atoms with van der Waals surface area (Å²) >= 11 is 0. The average molecular weight is 291 g/mol. The first-order valence-corrected chi connectivity index (χ1v) is 7.23.